The first-order valence-electron chi connectivity index (χ1n) is 12.8. The highest BCUT2D eigenvalue weighted by Gasteiger charge is 2.18. The van der Waals surface area contributed by atoms with Crippen molar-refractivity contribution in [2.75, 3.05) is 31.6 Å². The van der Waals surface area contributed by atoms with Crippen molar-refractivity contribution in [2.45, 2.75) is 0 Å². The SMILES string of the molecule is O=C(Nc1cccc(C#Cc2cnc3ccc(-c4ccc(C(=O)N5CCOCC5)cc4)nn23)c1)c1ccccn1. The molecule has 40 heavy (non-hydrogen) atoms. The monoisotopic (exact) mass is 528 g/mol. The predicted molar refractivity (Wildman–Crippen MR) is 150 cm³/mol. The molecule has 9 heteroatoms. The number of imidazole rings is 1. The van der Waals surface area contributed by atoms with E-state index in [2.05, 4.69) is 27.1 Å². The molecule has 1 N–H and O–H groups in total. The third-order valence-electron chi connectivity index (χ3n) is 6.44. The number of hydrogen-bond donors (Lipinski definition) is 1. The van der Waals surface area contributed by atoms with Gasteiger partial charge in [0.2, 0.25) is 0 Å². The molecule has 5 aromatic rings. The van der Waals surface area contributed by atoms with Gasteiger partial charge >= 0.3 is 0 Å². The zero-order chi connectivity index (χ0) is 27.3. The smallest absolute Gasteiger partial charge is 0.274 e. The van der Waals surface area contributed by atoms with Crippen LogP contribution in [-0.4, -0.2) is 62.6 Å². The Hall–Kier alpha value is -5.33. The van der Waals surface area contributed by atoms with E-state index in [1.165, 1.54) is 0 Å². The quantitative estimate of drug-likeness (QED) is 0.355. The van der Waals surface area contributed by atoms with Crippen molar-refractivity contribution in [3.63, 3.8) is 0 Å². The fourth-order valence-corrected chi connectivity index (χ4v) is 4.35. The van der Waals surface area contributed by atoms with Gasteiger partial charge < -0.3 is 15.0 Å². The molecule has 2 aromatic carbocycles. The van der Waals surface area contributed by atoms with Crippen molar-refractivity contribution in [1.82, 2.24) is 24.5 Å². The predicted octanol–water partition coefficient (Wildman–Crippen LogP) is 3.92. The first kappa shape index (κ1) is 25.0. The van der Waals surface area contributed by atoms with Crippen LogP contribution in [0.4, 0.5) is 5.69 Å². The second-order valence-corrected chi connectivity index (χ2v) is 9.11. The molecule has 3 aromatic heterocycles. The summed E-state index contributed by atoms with van der Waals surface area (Å²) in [6, 6.07) is 23.7. The van der Waals surface area contributed by atoms with Crippen LogP contribution in [-0.2, 0) is 4.74 Å². The van der Waals surface area contributed by atoms with Crippen molar-refractivity contribution < 1.29 is 14.3 Å². The minimum Gasteiger partial charge on any atom is -0.378 e. The molecule has 0 bridgehead atoms. The molecule has 2 amide bonds. The lowest BCUT2D eigenvalue weighted by Gasteiger charge is -2.26. The number of anilines is 1. The zero-order valence-electron chi connectivity index (χ0n) is 21.4. The first-order valence-corrected chi connectivity index (χ1v) is 12.8. The Bertz CT molecular complexity index is 1750. The lowest BCUT2D eigenvalue weighted by atomic mass is 10.1. The van der Waals surface area contributed by atoms with E-state index in [4.69, 9.17) is 9.84 Å². The average Bonchev–Trinajstić information content (AvgIpc) is 3.43. The molecule has 0 radical (unpaired) electrons. The second kappa shape index (κ2) is 11.2. The highest BCUT2D eigenvalue weighted by Crippen LogP contribution is 2.20. The highest BCUT2D eigenvalue weighted by molar-refractivity contribution is 6.02. The van der Waals surface area contributed by atoms with Crippen LogP contribution in [0.1, 0.15) is 32.1 Å². The van der Waals surface area contributed by atoms with Crippen LogP contribution in [0.15, 0.2) is 91.3 Å². The molecule has 6 rings (SSSR count). The van der Waals surface area contributed by atoms with Crippen LogP contribution in [0.3, 0.4) is 0 Å². The number of aromatic nitrogens is 4. The molecular weight excluding hydrogens is 504 g/mol. The summed E-state index contributed by atoms with van der Waals surface area (Å²) in [7, 11) is 0. The number of ether oxygens (including phenoxy) is 1. The molecule has 1 saturated heterocycles. The Kier molecular flexibility index (Phi) is 6.99. The summed E-state index contributed by atoms with van der Waals surface area (Å²) in [5.41, 5.74) is 5.23. The topological polar surface area (TPSA) is 102 Å². The van der Waals surface area contributed by atoms with Crippen molar-refractivity contribution in [3.8, 4) is 23.1 Å². The number of rotatable bonds is 4. The number of benzene rings is 2. The summed E-state index contributed by atoms with van der Waals surface area (Å²) in [6.45, 7) is 2.34. The largest absolute Gasteiger partial charge is 0.378 e. The number of amides is 2. The van der Waals surface area contributed by atoms with Crippen molar-refractivity contribution in [1.29, 1.82) is 0 Å². The Morgan fingerprint density at radius 3 is 2.52 bits per heavy atom. The summed E-state index contributed by atoms with van der Waals surface area (Å²) in [5.74, 6) is 5.99. The molecule has 0 unspecified atom stereocenters. The van der Waals surface area contributed by atoms with Gasteiger partial charge in [0.1, 0.15) is 11.4 Å². The van der Waals surface area contributed by atoms with E-state index in [1.54, 1.807) is 47.2 Å². The van der Waals surface area contributed by atoms with E-state index < -0.39 is 0 Å². The van der Waals surface area contributed by atoms with Crippen molar-refractivity contribution >= 4 is 23.1 Å². The van der Waals surface area contributed by atoms with Crippen LogP contribution in [0, 0.1) is 11.8 Å². The maximum Gasteiger partial charge on any atom is 0.274 e. The van der Waals surface area contributed by atoms with Gasteiger partial charge in [-0.2, -0.15) is 5.10 Å². The van der Waals surface area contributed by atoms with Gasteiger partial charge in [0.25, 0.3) is 11.8 Å². The number of hydrogen-bond acceptors (Lipinski definition) is 6. The molecule has 1 aliphatic heterocycles. The van der Waals surface area contributed by atoms with Crippen molar-refractivity contribution in [3.05, 3.63) is 114 Å². The van der Waals surface area contributed by atoms with Gasteiger partial charge in [0.15, 0.2) is 5.65 Å². The molecular formula is C31H24N6O3. The van der Waals surface area contributed by atoms with E-state index >= 15 is 0 Å². The fraction of sp³-hybridized carbons (Fsp3) is 0.129. The summed E-state index contributed by atoms with van der Waals surface area (Å²) < 4.78 is 7.04. The van der Waals surface area contributed by atoms with E-state index in [9.17, 15) is 9.59 Å². The minimum absolute atomic E-state index is 0.00537. The number of nitrogens with zero attached hydrogens (tertiary/aromatic N) is 5. The molecule has 9 nitrogen and oxygen atoms in total. The average molecular weight is 529 g/mol. The van der Waals surface area contributed by atoms with E-state index in [0.29, 0.717) is 54.6 Å². The second-order valence-electron chi connectivity index (χ2n) is 9.11. The maximum absolute atomic E-state index is 12.8. The van der Waals surface area contributed by atoms with Gasteiger partial charge in [0.05, 0.1) is 25.1 Å². The fourth-order valence-electron chi connectivity index (χ4n) is 4.35. The number of morpholine rings is 1. The van der Waals surface area contributed by atoms with E-state index in [1.807, 2.05) is 53.4 Å². The normalized spacial score (nSPS) is 12.9. The van der Waals surface area contributed by atoms with Gasteiger partial charge in [-0.3, -0.25) is 14.6 Å². The molecule has 0 aliphatic carbocycles. The molecule has 0 atom stereocenters. The van der Waals surface area contributed by atoms with Gasteiger partial charge in [-0.25, -0.2) is 9.50 Å². The lowest BCUT2D eigenvalue weighted by molar-refractivity contribution is 0.0303. The lowest BCUT2D eigenvalue weighted by Crippen LogP contribution is -2.40. The first-order chi connectivity index (χ1) is 19.6. The Morgan fingerprint density at radius 1 is 0.875 bits per heavy atom. The molecule has 0 spiro atoms. The van der Waals surface area contributed by atoms with Crippen LogP contribution in [0.25, 0.3) is 16.9 Å². The van der Waals surface area contributed by atoms with Crippen LogP contribution < -0.4 is 5.32 Å². The standard InChI is InChI=1S/C31H24N6O3/c38-30(28-6-1-2-15-32-28)34-25-5-3-4-22(20-25)7-12-26-21-33-29-14-13-27(35-37(26)29)23-8-10-24(11-9-23)31(39)36-16-18-40-19-17-36/h1-6,8-11,13-15,20-21H,16-19H2,(H,34,38). The molecule has 1 fully saturated rings. The van der Waals surface area contributed by atoms with Gasteiger partial charge in [0, 0.05) is 41.7 Å². The van der Waals surface area contributed by atoms with Gasteiger partial charge in [-0.15, -0.1) is 0 Å². The third-order valence-corrected chi connectivity index (χ3v) is 6.44. The van der Waals surface area contributed by atoms with Crippen LogP contribution >= 0.6 is 0 Å². The van der Waals surface area contributed by atoms with Crippen LogP contribution in [0.2, 0.25) is 0 Å². The number of carbonyl (C=O) groups excluding carboxylic acids is 2. The Balaban J connectivity index is 1.20. The zero-order valence-corrected chi connectivity index (χ0v) is 21.4. The summed E-state index contributed by atoms with van der Waals surface area (Å²) in [5, 5.41) is 7.60. The van der Waals surface area contributed by atoms with Gasteiger partial charge in [-0.1, -0.05) is 30.2 Å². The highest BCUT2D eigenvalue weighted by atomic mass is 16.5. The maximum atomic E-state index is 12.8. The number of fused-ring (bicyclic) bond motifs is 1. The Morgan fingerprint density at radius 2 is 1.73 bits per heavy atom. The van der Waals surface area contributed by atoms with Gasteiger partial charge in [-0.05, 0) is 60.5 Å². The molecule has 0 saturated carbocycles. The van der Waals surface area contributed by atoms with E-state index in [0.717, 1.165) is 16.8 Å². The number of nitrogens with one attached hydrogen (secondary N) is 1. The van der Waals surface area contributed by atoms with Crippen molar-refractivity contribution in [2.24, 2.45) is 0 Å². The third kappa shape index (κ3) is 5.43. The number of pyridine rings is 1. The minimum atomic E-state index is -0.289. The molecule has 196 valence electrons. The van der Waals surface area contributed by atoms with Crippen LogP contribution in [0.5, 0.6) is 0 Å². The molecule has 1 aliphatic rings. The summed E-state index contributed by atoms with van der Waals surface area (Å²) in [4.78, 5) is 35.5. The number of carbonyl (C=O) groups is 2. The Labute approximate surface area is 230 Å². The van der Waals surface area contributed by atoms with E-state index in [-0.39, 0.29) is 11.8 Å². The molecule has 4 heterocycles. The summed E-state index contributed by atoms with van der Waals surface area (Å²) >= 11 is 0. The summed E-state index contributed by atoms with van der Waals surface area (Å²) in [6.07, 6.45) is 3.25.